The Morgan fingerprint density at radius 3 is 3.05 bits per heavy atom. The van der Waals surface area contributed by atoms with Gasteiger partial charge in [-0.2, -0.15) is 0 Å². The summed E-state index contributed by atoms with van der Waals surface area (Å²) in [6.07, 6.45) is 1.41. The molecule has 102 valence electrons. The van der Waals surface area contributed by atoms with Crippen molar-refractivity contribution in [2.24, 2.45) is 0 Å². The molecule has 20 heavy (non-hydrogen) atoms. The second-order valence-electron chi connectivity index (χ2n) is 4.62. The Morgan fingerprint density at radius 1 is 1.35 bits per heavy atom. The topological polar surface area (TPSA) is 58.2 Å². The van der Waals surface area contributed by atoms with E-state index in [4.69, 9.17) is 4.74 Å². The van der Waals surface area contributed by atoms with Gasteiger partial charge in [-0.3, -0.25) is 9.69 Å². The van der Waals surface area contributed by atoms with Crippen LogP contribution in [0.5, 0.6) is 0 Å². The predicted octanol–water partition coefficient (Wildman–Crippen LogP) is 0.607. The van der Waals surface area contributed by atoms with Crippen molar-refractivity contribution < 1.29 is 4.74 Å². The van der Waals surface area contributed by atoms with Crippen molar-refractivity contribution in [3.05, 3.63) is 40.4 Å². The van der Waals surface area contributed by atoms with Crippen LogP contribution in [0.2, 0.25) is 0 Å². The Bertz CT molecular complexity index is 716. The number of ether oxygens (including phenoxy) is 1. The van der Waals surface area contributed by atoms with Crippen LogP contribution in [-0.2, 0) is 4.74 Å². The normalized spacial score (nSPS) is 15.8. The third-order valence-corrected chi connectivity index (χ3v) is 3.30. The molecule has 1 aromatic heterocycles. The molecule has 5 heteroatoms. The van der Waals surface area contributed by atoms with Gasteiger partial charge in [0.2, 0.25) is 0 Å². The Morgan fingerprint density at radius 2 is 2.20 bits per heavy atom. The van der Waals surface area contributed by atoms with Crippen LogP contribution in [0.25, 0.3) is 10.9 Å². The minimum atomic E-state index is -0.147. The zero-order valence-corrected chi connectivity index (χ0v) is 11.1. The van der Waals surface area contributed by atoms with E-state index in [9.17, 15) is 4.79 Å². The van der Waals surface area contributed by atoms with Gasteiger partial charge in [0.25, 0.3) is 5.56 Å². The molecule has 2 aromatic rings. The largest absolute Gasteiger partial charge is 0.379 e. The SMILES string of the molecule is O=c1[nH]cnc2cccc(C#CCN3CCOCC3)c12. The fraction of sp³-hybridized carbons (Fsp3) is 0.333. The number of aromatic amines is 1. The zero-order valence-electron chi connectivity index (χ0n) is 11.1. The molecule has 0 bridgehead atoms. The van der Waals surface area contributed by atoms with Crippen LogP contribution in [-0.4, -0.2) is 47.7 Å². The highest BCUT2D eigenvalue weighted by molar-refractivity contribution is 5.83. The van der Waals surface area contributed by atoms with Crippen LogP contribution in [0.4, 0.5) is 0 Å². The second-order valence-corrected chi connectivity index (χ2v) is 4.62. The van der Waals surface area contributed by atoms with Gasteiger partial charge >= 0.3 is 0 Å². The first-order valence-corrected chi connectivity index (χ1v) is 6.60. The number of aromatic nitrogens is 2. The second kappa shape index (κ2) is 5.87. The van der Waals surface area contributed by atoms with Crippen molar-refractivity contribution in [3.8, 4) is 11.8 Å². The van der Waals surface area contributed by atoms with E-state index in [1.807, 2.05) is 18.2 Å². The summed E-state index contributed by atoms with van der Waals surface area (Å²) in [5.41, 5.74) is 1.25. The highest BCUT2D eigenvalue weighted by atomic mass is 16.5. The van der Waals surface area contributed by atoms with Crippen molar-refractivity contribution in [1.29, 1.82) is 0 Å². The molecule has 0 saturated carbocycles. The fourth-order valence-corrected chi connectivity index (χ4v) is 2.23. The molecule has 1 N–H and O–H groups in total. The van der Waals surface area contributed by atoms with E-state index in [0.29, 0.717) is 17.4 Å². The number of rotatable bonds is 1. The standard InChI is InChI=1S/C15H15N3O2/c19-15-14-12(3-1-5-13(14)16-11-17-15)4-2-6-18-7-9-20-10-8-18/h1,3,5,11H,6-10H2,(H,16,17,19). The summed E-state index contributed by atoms with van der Waals surface area (Å²) in [7, 11) is 0. The van der Waals surface area contributed by atoms with Crippen LogP contribution in [0, 0.1) is 11.8 Å². The zero-order chi connectivity index (χ0) is 13.8. The molecular weight excluding hydrogens is 254 g/mol. The Labute approximate surface area is 116 Å². The van der Waals surface area contributed by atoms with E-state index < -0.39 is 0 Å². The summed E-state index contributed by atoms with van der Waals surface area (Å²) in [4.78, 5) is 20.9. The van der Waals surface area contributed by atoms with Gasteiger partial charge in [0.1, 0.15) is 0 Å². The minimum absolute atomic E-state index is 0.147. The number of hydrogen-bond donors (Lipinski definition) is 1. The minimum Gasteiger partial charge on any atom is -0.379 e. The molecule has 0 aliphatic carbocycles. The van der Waals surface area contributed by atoms with Gasteiger partial charge in [0.15, 0.2) is 0 Å². The number of morpholine rings is 1. The van der Waals surface area contributed by atoms with Crippen LogP contribution >= 0.6 is 0 Å². The highest BCUT2D eigenvalue weighted by Crippen LogP contribution is 2.10. The van der Waals surface area contributed by atoms with E-state index >= 15 is 0 Å². The average Bonchev–Trinajstić information content (AvgIpc) is 2.49. The summed E-state index contributed by atoms with van der Waals surface area (Å²) >= 11 is 0. The average molecular weight is 269 g/mol. The van der Waals surface area contributed by atoms with Crippen molar-refractivity contribution in [1.82, 2.24) is 14.9 Å². The molecule has 1 aliphatic rings. The van der Waals surface area contributed by atoms with Gasteiger partial charge in [0.05, 0.1) is 37.0 Å². The molecule has 0 unspecified atom stereocenters. The molecule has 1 saturated heterocycles. The maximum Gasteiger partial charge on any atom is 0.259 e. The number of nitrogens with one attached hydrogen (secondary N) is 1. The third kappa shape index (κ3) is 2.72. The summed E-state index contributed by atoms with van der Waals surface area (Å²) in [6.45, 7) is 4.04. The van der Waals surface area contributed by atoms with Gasteiger partial charge in [-0.25, -0.2) is 4.98 Å². The lowest BCUT2D eigenvalue weighted by atomic mass is 10.1. The Kier molecular flexibility index (Phi) is 3.77. The molecule has 1 aromatic carbocycles. The van der Waals surface area contributed by atoms with Crippen molar-refractivity contribution in [2.75, 3.05) is 32.8 Å². The molecule has 3 rings (SSSR count). The lowest BCUT2D eigenvalue weighted by Crippen LogP contribution is -2.36. The van der Waals surface area contributed by atoms with Crippen LogP contribution in [0.1, 0.15) is 5.56 Å². The Hall–Kier alpha value is -2.16. The van der Waals surface area contributed by atoms with E-state index in [0.717, 1.165) is 31.9 Å². The number of nitrogens with zero attached hydrogens (tertiary/aromatic N) is 2. The van der Waals surface area contributed by atoms with Gasteiger partial charge < -0.3 is 9.72 Å². The summed E-state index contributed by atoms with van der Waals surface area (Å²) in [5.74, 6) is 6.21. The van der Waals surface area contributed by atoms with E-state index in [-0.39, 0.29) is 5.56 Å². The maximum atomic E-state index is 11.9. The van der Waals surface area contributed by atoms with Gasteiger partial charge in [0, 0.05) is 18.7 Å². The van der Waals surface area contributed by atoms with Crippen molar-refractivity contribution >= 4 is 10.9 Å². The third-order valence-electron chi connectivity index (χ3n) is 3.30. The smallest absolute Gasteiger partial charge is 0.259 e. The summed E-state index contributed by atoms with van der Waals surface area (Å²) in [6, 6.07) is 5.54. The molecule has 0 amide bonds. The lowest BCUT2D eigenvalue weighted by Gasteiger charge is -2.24. The van der Waals surface area contributed by atoms with Gasteiger partial charge in [-0.1, -0.05) is 17.9 Å². The number of hydrogen-bond acceptors (Lipinski definition) is 4. The van der Waals surface area contributed by atoms with Crippen LogP contribution in [0.3, 0.4) is 0 Å². The summed E-state index contributed by atoms with van der Waals surface area (Å²) < 4.78 is 5.29. The number of benzene rings is 1. The first kappa shape index (κ1) is 12.9. The molecule has 2 heterocycles. The molecule has 1 aliphatic heterocycles. The van der Waals surface area contributed by atoms with Crippen LogP contribution < -0.4 is 5.56 Å². The van der Waals surface area contributed by atoms with E-state index in [1.54, 1.807) is 0 Å². The fourth-order valence-electron chi connectivity index (χ4n) is 2.23. The van der Waals surface area contributed by atoms with Crippen molar-refractivity contribution in [2.45, 2.75) is 0 Å². The Balaban J connectivity index is 1.86. The van der Waals surface area contributed by atoms with Gasteiger partial charge in [-0.15, -0.1) is 0 Å². The first-order chi connectivity index (χ1) is 9.84. The molecule has 1 fully saturated rings. The molecule has 0 atom stereocenters. The van der Waals surface area contributed by atoms with E-state index in [1.165, 1.54) is 6.33 Å². The first-order valence-electron chi connectivity index (χ1n) is 6.60. The maximum absolute atomic E-state index is 11.9. The monoisotopic (exact) mass is 269 g/mol. The van der Waals surface area contributed by atoms with Crippen LogP contribution in [0.15, 0.2) is 29.3 Å². The molecule has 5 nitrogen and oxygen atoms in total. The highest BCUT2D eigenvalue weighted by Gasteiger charge is 2.08. The molecular formula is C15H15N3O2. The summed E-state index contributed by atoms with van der Waals surface area (Å²) in [5, 5.41) is 0.560. The number of fused-ring (bicyclic) bond motifs is 1. The van der Waals surface area contributed by atoms with Gasteiger partial charge in [-0.05, 0) is 12.1 Å². The predicted molar refractivity (Wildman–Crippen MR) is 76.5 cm³/mol. The lowest BCUT2D eigenvalue weighted by molar-refractivity contribution is 0.0443. The van der Waals surface area contributed by atoms with Crippen molar-refractivity contribution in [3.63, 3.8) is 0 Å². The molecule has 0 spiro atoms. The molecule has 0 radical (unpaired) electrons. The number of H-pyrrole nitrogens is 1. The van der Waals surface area contributed by atoms with E-state index in [2.05, 4.69) is 26.7 Å². The quantitative estimate of drug-likeness (QED) is 0.771.